The monoisotopic (exact) mass is 523 g/mol. The Morgan fingerprint density at radius 3 is 2.26 bits per heavy atom. The smallest absolute Gasteiger partial charge is 0.408 e. The molecule has 8 nitrogen and oxygen atoms in total. The number of benzene rings is 2. The number of carbonyl (C=O) groups excluding carboxylic acids is 3. The number of phenols is 1. The van der Waals surface area contributed by atoms with Crippen LogP contribution < -0.4 is 10.6 Å². The van der Waals surface area contributed by atoms with Crippen LogP contribution in [0.15, 0.2) is 48.5 Å². The Labute approximate surface area is 225 Å². The molecule has 0 spiro atoms. The number of phenolic OH excluding ortho intramolecular Hbond substituents is 1. The van der Waals surface area contributed by atoms with Crippen molar-refractivity contribution in [3.8, 4) is 5.75 Å². The largest absolute Gasteiger partial charge is 0.507 e. The third kappa shape index (κ3) is 7.27. The topological polar surface area (TPSA) is 108 Å². The van der Waals surface area contributed by atoms with Crippen molar-refractivity contribution in [2.45, 2.75) is 85.2 Å². The average molecular weight is 524 g/mol. The summed E-state index contributed by atoms with van der Waals surface area (Å²) in [6.07, 6.45) is 0.0229. The molecule has 2 aromatic rings. The molecule has 2 aromatic carbocycles. The highest BCUT2D eigenvalue weighted by Gasteiger charge is 2.49. The number of aromatic hydroxyl groups is 1. The maximum absolute atomic E-state index is 14.2. The second kappa shape index (κ2) is 11.9. The fraction of sp³-hybridized carbons (Fsp3) is 0.500. The van der Waals surface area contributed by atoms with E-state index in [1.165, 1.54) is 0 Å². The molecule has 1 aliphatic carbocycles. The summed E-state index contributed by atoms with van der Waals surface area (Å²) in [6.45, 7) is 13.0. The number of aryl methyl sites for hydroxylation is 1. The highest BCUT2D eigenvalue weighted by atomic mass is 16.6. The fourth-order valence-electron chi connectivity index (χ4n) is 4.48. The standard InChI is InChI=1S/C30H41N3O5/c1-18(2)24(32-29(37)38-30(5,6)7)28(36)33(23-16-20(23)4)25(22-15-11-12-19(3)26(22)34)27(35)31-17-21-13-9-8-10-14-21/h8-15,18,20,23-25,34H,16-17H2,1-7H3,(H,31,35)(H,32,37). The number of rotatable bonds is 9. The molecule has 0 aromatic heterocycles. The molecule has 206 valence electrons. The lowest BCUT2D eigenvalue weighted by Gasteiger charge is -2.36. The van der Waals surface area contributed by atoms with Gasteiger partial charge in [0.25, 0.3) is 0 Å². The first kappa shape index (κ1) is 29.0. The minimum Gasteiger partial charge on any atom is -0.507 e. The molecule has 0 radical (unpaired) electrons. The Balaban J connectivity index is 2.00. The maximum Gasteiger partial charge on any atom is 0.408 e. The Morgan fingerprint density at radius 2 is 1.71 bits per heavy atom. The number of nitrogens with zero attached hydrogens (tertiary/aromatic N) is 1. The number of alkyl carbamates (subject to hydrolysis) is 1. The quantitative estimate of drug-likeness (QED) is 0.436. The minimum absolute atomic E-state index is 0.0281. The molecular formula is C30H41N3O5. The normalized spacial score (nSPS) is 18.3. The molecule has 3 amide bonds. The van der Waals surface area contributed by atoms with E-state index in [9.17, 15) is 19.5 Å². The van der Waals surface area contributed by atoms with Gasteiger partial charge in [0.1, 0.15) is 23.4 Å². The summed E-state index contributed by atoms with van der Waals surface area (Å²) in [5, 5.41) is 16.7. The van der Waals surface area contributed by atoms with Crippen molar-refractivity contribution in [2.75, 3.05) is 0 Å². The second-order valence-electron chi connectivity index (χ2n) is 11.5. The summed E-state index contributed by atoms with van der Waals surface area (Å²) in [6, 6.07) is 12.5. The molecule has 3 rings (SSSR count). The Bertz CT molecular complexity index is 1140. The van der Waals surface area contributed by atoms with Crippen LogP contribution in [-0.2, 0) is 20.9 Å². The van der Waals surface area contributed by atoms with Crippen molar-refractivity contribution in [2.24, 2.45) is 11.8 Å². The number of ether oxygens (including phenoxy) is 1. The van der Waals surface area contributed by atoms with E-state index >= 15 is 0 Å². The predicted octanol–water partition coefficient (Wildman–Crippen LogP) is 4.84. The van der Waals surface area contributed by atoms with Gasteiger partial charge in [-0.15, -0.1) is 0 Å². The summed E-state index contributed by atoms with van der Waals surface area (Å²) in [5.41, 5.74) is 1.14. The third-order valence-electron chi connectivity index (χ3n) is 6.68. The lowest BCUT2D eigenvalue weighted by Crippen LogP contribution is -2.55. The molecule has 4 atom stereocenters. The van der Waals surface area contributed by atoms with Gasteiger partial charge in [0.2, 0.25) is 11.8 Å². The van der Waals surface area contributed by atoms with Crippen molar-refractivity contribution in [3.05, 3.63) is 65.2 Å². The lowest BCUT2D eigenvalue weighted by molar-refractivity contribution is -0.144. The first-order valence-electron chi connectivity index (χ1n) is 13.2. The van der Waals surface area contributed by atoms with E-state index in [4.69, 9.17) is 4.74 Å². The molecule has 1 aliphatic rings. The molecule has 0 bridgehead atoms. The number of hydrogen-bond acceptors (Lipinski definition) is 5. The minimum atomic E-state index is -1.08. The maximum atomic E-state index is 14.2. The van der Waals surface area contributed by atoms with Crippen LogP contribution in [-0.4, -0.2) is 45.6 Å². The fourth-order valence-corrected chi connectivity index (χ4v) is 4.48. The van der Waals surface area contributed by atoms with Crippen LogP contribution in [0.25, 0.3) is 0 Å². The van der Waals surface area contributed by atoms with Gasteiger partial charge >= 0.3 is 6.09 Å². The molecule has 0 heterocycles. The van der Waals surface area contributed by atoms with E-state index in [1.54, 1.807) is 50.8 Å². The Hall–Kier alpha value is -3.55. The van der Waals surface area contributed by atoms with Crippen molar-refractivity contribution in [3.63, 3.8) is 0 Å². The van der Waals surface area contributed by atoms with E-state index in [-0.39, 0.29) is 36.1 Å². The van der Waals surface area contributed by atoms with Crippen molar-refractivity contribution < 1.29 is 24.2 Å². The SMILES string of the molecule is Cc1cccc(C(C(=O)NCc2ccccc2)N(C(=O)C(NC(=O)OC(C)(C)C)C(C)C)C2CC2C)c1O. The summed E-state index contributed by atoms with van der Waals surface area (Å²) in [5.74, 6) is -0.919. The van der Waals surface area contributed by atoms with Gasteiger partial charge < -0.3 is 25.4 Å². The summed E-state index contributed by atoms with van der Waals surface area (Å²) in [4.78, 5) is 42.3. The van der Waals surface area contributed by atoms with E-state index < -0.39 is 29.7 Å². The molecule has 8 heteroatoms. The van der Waals surface area contributed by atoms with Gasteiger partial charge in [-0.3, -0.25) is 9.59 Å². The molecule has 1 saturated carbocycles. The van der Waals surface area contributed by atoms with Crippen molar-refractivity contribution in [1.82, 2.24) is 15.5 Å². The van der Waals surface area contributed by atoms with E-state index in [1.807, 2.05) is 51.1 Å². The van der Waals surface area contributed by atoms with Gasteiger partial charge in [0.05, 0.1) is 0 Å². The predicted molar refractivity (Wildman–Crippen MR) is 146 cm³/mol. The second-order valence-corrected chi connectivity index (χ2v) is 11.5. The van der Waals surface area contributed by atoms with Crippen LogP contribution in [0.2, 0.25) is 0 Å². The Kier molecular flexibility index (Phi) is 9.07. The summed E-state index contributed by atoms with van der Waals surface area (Å²) < 4.78 is 5.42. The van der Waals surface area contributed by atoms with Gasteiger partial charge in [-0.05, 0) is 57.1 Å². The number of amides is 3. The van der Waals surface area contributed by atoms with Gasteiger partial charge in [-0.2, -0.15) is 0 Å². The van der Waals surface area contributed by atoms with Crippen molar-refractivity contribution >= 4 is 17.9 Å². The molecule has 4 unspecified atom stereocenters. The van der Waals surface area contributed by atoms with Gasteiger partial charge in [0.15, 0.2) is 0 Å². The van der Waals surface area contributed by atoms with E-state index in [0.29, 0.717) is 11.1 Å². The zero-order chi connectivity index (χ0) is 28.2. The molecular weight excluding hydrogens is 482 g/mol. The third-order valence-corrected chi connectivity index (χ3v) is 6.68. The summed E-state index contributed by atoms with van der Waals surface area (Å²) >= 11 is 0. The van der Waals surface area contributed by atoms with Crippen LogP contribution in [0, 0.1) is 18.8 Å². The van der Waals surface area contributed by atoms with Gasteiger partial charge in [0, 0.05) is 18.2 Å². The first-order chi connectivity index (χ1) is 17.8. The zero-order valence-corrected chi connectivity index (χ0v) is 23.4. The number of nitrogens with one attached hydrogen (secondary N) is 2. The Morgan fingerprint density at radius 1 is 1.08 bits per heavy atom. The first-order valence-corrected chi connectivity index (χ1v) is 13.2. The van der Waals surface area contributed by atoms with Crippen LogP contribution in [0.4, 0.5) is 4.79 Å². The van der Waals surface area contributed by atoms with Crippen LogP contribution >= 0.6 is 0 Å². The lowest BCUT2D eigenvalue weighted by atomic mass is 9.96. The van der Waals surface area contributed by atoms with Crippen LogP contribution in [0.5, 0.6) is 5.75 Å². The number of para-hydroxylation sites is 1. The molecule has 0 aliphatic heterocycles. The van der Waals surface area contributed by atoms with Gasteiger partial charge in [-0.25, -0.2) is 4.79 Å². The van der Waals surface area contributed by atoms with Crippen molar-refractivity contribution in [1.29, 1.82) is 0 Å². The summed E-state index contributed by atoms with van der Waals surface area (Å²) in [7, 11) is 0. The van der Waals surface area contributed by atoms with E-state index in [0.717, 1.165) is 12.0 Å². The average Bonchev–Trinajstić information content (AvgIpc) is 3.56. The molecule has 3 N–H and O–H groups in total. The van der Waals surface area contributed by atoms with Gasteiger partial charge in [-0.1, -0.05) is 69.3 Å². The highest BCUT2D eigenvalue weighted by Crippen LogP contribution is 2.43. The molecule has 38 heavy (non-hydrogen) atoms. The van der Waals surface area contributed by atoms with Crippen LogP contribution in [0.3, 0.4) is 0 Å². The highest BCUT2D eigenvalue weighted by molar-refractivity contribution is 5.93. The number of carbonyl (C=O) groups is 3. The molecule has 0 saturated heterocycles. The van der Waals surface area contributed by atoms with E-state index in [2.05, 4.69) is 10.6 Å². The zero-order valence-electron chi connectivity index (χ0n) is 23.4. The van der Waals surface area contributed by atoms with Crippen LogP contribution in [0.1, 0.15) is 70.7 Å². The number of hydrogen-bond donors (Lipinski definition) is 3. The molecule has 1 fully saturated rings.